The van der Waals surface area contributed by atoms with E-state index < -0.39 is 31.9 Å². The van der Waals surface area contributed by atoms with E-state index in [1.165, 1.54) is 0 Å². The number of rotatable bonds is 2. The third-order valence-corrected chi connectivity index (χ3v) is 2.51. The van der Waals surface area contributed by atoms with E-state index >= 15 is 0 Å². The first kappa shape index (κ1) is 11.3. The summed E-state index contributed by atoms with van der Waals surface area (Å²) in [6.07, 6.45) is -2.35. The molecule has 0 fully saturated rings. The van der Waals surface area contributed by atoms with E-state index in [-0.39, 0.29) is 0 Å². The van der Waals surface area contributed by atoms with Crippen molar-refractivity contribution in [2.24, 2.45) is 0 Å². The lowest BCUT2D eigenvalue weighted by Gasteiger charge is -2.01. The SMILES string of the molecule is O=S(=O)(Cl)c1ncc(C(F)F)cc1F. The summed E-state index contributed by atoms with van der Waals surface area (Å²) in [5.41, 5.74) is -0.702. The molecule has 0 aliphatic heterocycles. The van der Waals surface area contributed by atoms with Gasteiger partial charge in [-0.25, -0.2) is 26.6 Å². The number of alkyl halides is 2. The highest BCUT2D eigenvalue weighted by molar-refractivity contribution is 8.13. The van der Waals surface area contributed by atoms with Crippen LogP contribution in [0.4, 0.5) is 13.2 Å². The van der Waals surface area contributed by atoms with Crippen LogP contribution >= 0.6 is 10.7 Å². The van der Waals surface area contributed by atoms with Gasteiger partial charge in [-0.05, 0) is 6.07 Å². The number of hydrogen-bond acceptors (Lipinski definition) is 3. The predicted octanol–water partition coefficient (Wildman–Crippen LogP) is 2.09. The lowest BCUT2D eigenvalue weighted by Crippen LogP contribution is -2.01. The van der Waals surface area contributed by atoms with Crippen LogP contribution in [0.15, 0.2) is 17.3 Å². The fourth-order valence-electron chi connectivity index (χ4n) is 0.739. The van der Waals surface area contributed by atoms with Gasteiger partial charge in [0.15, 0.2) is 5.82 Å². The fourth-order valence-corrected chi connectivity index (χ4v) is 1.55. The first-order chi connectivity index (χ1) is 6.32. The third-order valence-electron chi connectivity index (χ3n) is 1.31. The van der Waals surface area contributed by atoms with Gasteiger partial charge in [0, 0.05) is 22.4 Å². The molecule has 0 aliphatic carbocycles. The van der Waals surface area contributed by atoms with Gasteiger partial charge in [0.2, 0.25) is 5.03 Å². The van der Waals surface area contributed by atoms with Crippen molar-refractivity contribution >= 4 is 19.7 Å². The minimum absolute atomic E-state index is 0.382. The van der Waals surface area contributed by atoms with Crippen LogP contribution in [0.2, 0.25) is 0 Å². The molecule has 0 saturated heterocycles. The number of hydrogen-bond donors (Lipinski definition) is 0. The Balaban J connectivity index is 3.28. The van der Waals surface area contributed by atoms with E-state index in [0.29, 0.717) is 12.3 Å². The molecule has 1 heterocycles. The topological polar surface area (TPSA) is 47.0 Å². The van der Waals surface area contributed by atoms with Gasteiger partial charge in [-0.3, -0.25) is 0 Å². The summed E-state index contributed by atoms with van der Waals surface area (Å²) in [6, 6.07) is 0.382. The lowest BCUT2D eigenvalue weighted by atomic mass is 10.3. The highest BCUT2D eigenvalue weighted by Crippen LogP contribution is 2.22. The van der Waals surface area contributed by atoms with E-state index in [9.17, 15) is 21.6 Å². The normalized spacial score (nSPS) is 12.1. The molecule has 0 N–H and O–H groups in total. The van der Waals surface area contributed by atoms with Crippen molar-refractivity contribution in [3.8, 4) is 0 Å². The molecule has 0 atom stereocenters. The van der Waals surface area contributed by atoms with Crippen molar-refractivity contribution in [2.45, 2.75) is 11.5 Å². The average molecular weight is 246 g/mol. The standard InChI is InChI=1S/C6H3ClF3NO2S/c7-14(12,13)6-4(8)1-3(2-11-6)5(9)10/h1-2,5H. The second kappa shape index (κ2) is 3.74. The zero-order valence-electron chi connectivity index (χ0n) is 6.42. The van der Waals surface area contributed by atoms with E-state index in [4.69, 9.17) is 10.7 Å². The summed E-state index contributed by atoms with van der Waals surface area (Å²) >= 11 is 0. The zero-order valence-corrected chi connectivity index (χ0v) is 7.99. The molecule has 0 spiro atoms. The smallest absolute Gasteiger partial charge is 0.240 e. The Morgan fingerprint density at radius 3 is 2.36 bits per heavy atom. The van der Waals surface area contributed by atoms with E-state index in [1.807, 2.05) is 0 Å². The molecule has 1 rings (SSSR count). The van der Waals surface area contributed by atoms with Crippen molar-refractivity contribution in [2.75, 3.05) is 0 Å². The highest BCUT2D eigenvalue weighted by atomic mass is 35.7. The van der Waals surface area contributed by atoms with Gasteiger partial charge in [-0.1, -0.05) is 0 Å². The maximum atomic E-state index is 12.8. The molecule has 0 aliphatic rings. The van der Waals surface area contributed by atoms with Crippen molar-refractivity contribution < 1.29 is 21.6 Å². The van der Waals surface area contributed by atoms with Gasteiger partial charge in [-0.15, -0.1) is 0 Å². The summed E-state index contributed by atoms with van der Waals surface area (Å²) < 4.78 is 58.0. The molecule has 0 unspecified atom stereocenters. The molecule has 1 aromatic heterocycles. The molecule has 78 valence electrons. The summed E-state index contributed by atoms with van der Waals surface area (Å²) in [6.45, 7) is 0. The first-order valence-electron chi connectivity index (χ1n) is 3.20. The lowest BCUT2D eigenvalue weighted by molar-refractivity contribution is 0.150. The largest absolute Gasteiger partial charge is 0.281 e. The Morgan fingerprint density at radius 2 is 2.00 bits per heavy atom. The monoisotopic (exact) mass is 245 g/mol. The Morgan fingerprint density at radius 1 is 1.43 bits per heavy atom. The molecule has 3 nitrogen and oxygen atoms in total. The fraction of sp³-hybridized carbons (Fsp3) is 0.167. The number of halogens is 4. The minimum Gasteiger partial charge on any atom is -0.240 e. The second-order valence-corrected chi connectivity index (χ2v) is 4.78. The molecule has 0 saturated carbocycles. The van der Waals surface area contributed by atoms with Crippen LogP contribution in [-0.2, 0) is 9.05 Å². The van der Waals surface area contributed by atoms with Crippen LogP contribution in [-0.4, -0.2) is 13.4 Å². The maximum absolute atomic E-state index is 12.8. The summed E-state index contributed by atoms with van der Waals surface area (Å²) in [5, 5.41) is -1.05. The predicted molar refractivity (Wildman–Crippen MR) is 42.2 cm³/mol. The zero-order chi connectivity index (χ0) is 10.9. The second-order valence-electron chi connectivity index (χ2n) is 2.29. The van der Waals surface area contributed by atoms with Gasteiger partial charge < -0.3 is 0 Å². The molecule has 0 bridgehead atoms. The van der Waals surface area contributed by atoms with Gasteiger partial charge >= 0.3 is 0 Å². The Kier molecular flexibility index (Phi) is 3.01. The minimum atomic E-state index is -4.33. The average Bonchev–Trinajstić information content (AvgIpc) is 2.01. The van der Waals surface area contributed by atoms with E-state index in [2.05, 4.69) is 4.98 Å². The van der Waals surface area contributed by atoms with E-state index in [1.54, 1.807) is 0 Å². The highest BCUT2D eigenvalue weighted by Gasteiger charge is 2.20. The summed E-state index contributed by atoms with van der Waals surface area (Å²) in [7, 11) is 0.443. The molecule has 14 heavy (non-hydrogen) atoms. The molecule has 0 amide bonds. The number of aromatic nitrogens is 1. The van der Waals surface area contributed by atoms with Crippen molar-refractivity contribution in [3.05, 3.63) is 23.6 Å². The van der Waals surface area contributed by atoms with Crippen molar-refractivity contribution in [3.63, 3.8) is 0 Å². The molecule has 8 heteroatoms. The van der Waals surface area contributed by atoms with E-state index in [0.717, 1.165) is 0 Å². The van der Waals surface area contributed by atoms with Gasteiger partial charge in [0.05, 0.1) is 0 Å². The molecule has 1 aromatic rings. The van der Waals surface area contributed by atoms with Crippen LogP contribution in [0.1, 0.15) is 12.0 Å². The van der Waals surface area contributed by atoms with Gasteiger partial charge in [0.25, 0.3) is 15.5 Å². The number of nitrogens with zero attached hydrogens (tertiary/aromatic N) is 1. The van der Waals surface area contributed by atoms with Gasteiger partial charge in [0.1, 0.15) is 0 Å². The summed E-state index contributed by atoms with van der Waals surface area (Å²) in [4.78, 5) is 3.00. The van der Waals surface area contributed by atoms with Crippen molar-refractivity contribution in [1.29, 1.82) is 0 Å². The van der Waals surface area contributed by atoms with Gasteiger partial charge in [-0.2, -0.15) is 0 Å². The third kappa shape index (κ3) is 2.36. The Bertz CT molecular complexity index is 448. The number of pyridine rings is 1. The maximum Gasteiger partial charge on any atom is 0.281 e. The Labute approximate surface area is 81.9 Å². The quantitative estimate of drug-likeness (QED) is 0.750. The molecular formula is C6H3ClF3NO2S. The van der Waals surface area contributed by atoms with Crippen molar-refractivity contribution in [1.82, 2.24) is 4.98 Å². The van der Waals surface area contributed by atoms with Crippen LogP contribution < -0.4 is 0 Å². The summed E-state index contributed by atoms with van der Waals surface area (Å²) in [5.74, 6) is -1.39. The van der Waals surface area contributed by atoms with Crippen LogP contribution in [0.25, 0.3) is 0 Å². The molecule has 0 radical (unpaired) electrons. The molecular weight excluding hydrogens is 243 g/mol. The molecule has 0 aromatic carbocycles. The Hall–Kier alpha value is -0.820. The van der Waals surface area contributed by atoms with Crippen LogP contribution in [0, 0.1) is 5.82 Å². The van der Waals surface area contributed by atoms with Crippen LogP contribution in [0.5, 0.6) is 0 Å². The van der Waals surface area contributed by atoms with Crippen LogP contribution in [0.3, 0.4) is 0 Å². The first-order valence-corrected chi connectivity index (χ1v) is 5.51.